The van der Waals surface area contributed by atoms with Crippen molar-refractivity contribution >= 4 is 11.9 Å². The topological polar surface area (TPSA) is 98.2 Å². The number of rotatable bonds is 10. The van der Waals surface area contributed by atoms with Gasteiger partial charge >= 0.3 is 11.7 Å². The molecule has 1 aromatic heterocycles. The summed E-state index contributed by atoms with van der Waals surface area (Å²) >= 11 is 0. The number of nitrogens with one attached hydrogen (secondary N) is 1. The minimum absolute atomic E-state index is 0.165. The molecule has 27 heavy (non-hydrogen) atoms. The minimum Gasteiger partial charge on any atom is -0.465 e. The molecule has 0 aliphatic carbocycles. The first-order valence-electron chi connectivity index (χ1n) is 9.60. The Balaban J connectivity index is 2.37. The monoisotopic (exact) mass is 380 g/mol. The van der Waals surface area contributed by atoms with E-state index in [1.807, 2.05) is 20.8 Å². The molecule has 1 heterocycles. The van der Waals surface area contributed by atoms with Crippen molar-refractivity contribution in [1.29, 1.82) is 0 Å². The van der Waals surface area contributed by atoms with E-state index in [0.29, 0.717) is 31.8 Å². The summed E-state index contributed by atoms with van der Waals surface area (Å²) in [5.74, 6) is 0.0765. The zero-order valence-electron chi connectivity index (χ0n) is 17.0. The van der Waals surface area contributed by atoms with Gasteiger partial charge in [0.25, 0.3) is 5.56 Å². The summed E-state index contributed by atoms with van der Waals surface area (Å²) in [5, 5.41) is 0. The number of carbonyl (C=O) groups is 2. The van der Waals surface area contributed by atoms with E-state index < -0.39 is 16.7 Å². The molecule has 0 aromatic carbocycles. The molecule has 1 rings (SSSR count). The minimum atomic E-state index is -0.723. The van der Waals surface area contributed by atoms with Gasteiger partial charge in [0.2, 0.25) is 5.91 Å². The molecule has 0 bridgehead atoms. The van der Waals surface area contributed by atoms with Crippen LogP contribution in [-0.4, -0.2) is 28.0 Å². The van der Waals surface area contributed by atoms with Crippen LogP contribution in [0.2, 0.25) is 0 Å². The summed E-state index contributed by atoms with van der Waals surface area (Å²) in [5.41, 5.74) is -1.74. The van der Waals surface area contributed by atoms with Crippen LogP contribution in [0.3, 0.4) is 0 Å². The third-order valence-corrected chi connectivity index (χ3v) is 4.93. The SMILES string of the molecule is CC(C)CC(C)(C(=O)OCCCCCC(=O)n1ccc(=O)[nH]c1=O)C(C)C. The lowest BCUT2D eigenvalue weighted by atomic mass is 9.73. The Hall–Kier alpha value is -2.18. The van der Waals surface area contributed by atoms with Crippen molar-refractivity contribution in [2.45, 2.75) is 66.7 Å². The number of ether oxygens (including phenoxy) is 1. The third kappa shape index (κ3) is 6.81. The fraction of sp³-hybridized carbons (Fsp3) is 0.700. The standard InChI is InChI=1S/C20H32N2O5/c1-14(2)13-20(5,15(3)4)18(25)27-12-8-6-7-9-17(24)22-11-10-16(23)21-19(22)26/h10-11,14-15H,6-9,12-13H2,1-5H3,(H,21,23,26). The van der Waals surface area contributed by atoms with Crippen molar-refractivity contribution < 1.29 is 14.3 Å². The second-order valence-electron chi connectivity index (χ2n) is 7.99. The van der Waals surface area contributed by atoms with Crippen molar-refractivity contribution in [2.75, 3.05) is 6.61 Å². The predicted molar refractivity (Wildman–Crippen MR) is 104 cm³/mol. The van der Waals surface area contributed by atoms with Gasteiger partial charge in [-0.3, -0.25) is 19.4 Å². The molecule has 1 N–H and O–H groups in total. The lowest BCUT2D eigenvalue weighted by Gasteiger charge is -2.32. The average Bonchev–Trinajstić information content (AvgIpc) is 2.56. The molecule has 0 radical (unpaired) electrons. The first-order valence-corrected chi connectivity index (χ1v) is 9.60. The molecule has 1 unspecified atom stereocenters. The van der Waals surface area contributed by atoms with Gasteiger partial charge in [-0.1, -0.05) is 27.7 Å². The van der Waals surface area contributed by atoms with Crippen molar-refractivity contribution in [3.8, 4) is 0 Å². The molecule has 0 saturated heterocycles. The number of hydrogen-bond acceptors (Lipinski definition) is 5. The summed E-state index contributed by atoms with van der Waals surface area (Å²) in [6.07, 6.45) is 4.11. The highest BCUT2D eigenvalue weighted by Crippen LogP contribution is 2.35. The molecule has 1 aromatic rings. The molecule has 0 fully saturated rings. The Morgan fingerprint density at radius 2 is 1.81 bits per heavy atom. The largest absolute Gasteiger partial charge is 0.465 e. The molecule has 7 heteroatoms. The maximum absolute atomic E-state index is 12.5. The van der Waals surface area contributed by atoms with Gasteiger partial charge in [0.05, 0.1) is 12.0 Å². The molecule has 0 saturated carbocycles. The highest BCUT2D eigenvalue weighted by Gasteiger charge is 2.38. The Morgan fingerprint density at radius 3 is 2.37 bits per heavy atom. The quantitative estimate of drug-likeness (QED) is 0.497. The van der Waals surface area contributed by atoms with Crippen LogP contribution in [0.4, 0.5) is 0 Å². The van der Waals surface area contributed by atoms with Gasteiger partial charge in [0.1, 0.15) is 0 Å². The zero-order chi connectivity index (χ0) is 20.6. The molecule has 152 valence electrons. The van der Waals surface area contributed by atoms with Crippen molar-refractivity contribution in [1.82, 2.24) is 9.55 Å². The normalized spacial score (nSPS) is 13.6. The number of esters is 1. The lowest BCUT2D eigenvalue weighted by molar-refractivity contribution is -0.159. The number of nitrogens with zero attached hydrogens (tertiary/aromatic N) is 1. The van der Waals surface area contributed by atoms with E-state index in [2.05, 4.69) is 18.8 Å². The summed E-state index contributed by atoms with van der Waals surface area (Å²) in [6, 6.07) is 1.14. The molecular formula is C20H32N2O5. The first-order chi connectivity index (χ1) is 12.6. The number of unbranched alkanes of at least 4 members (excludes halogenated alkanes) is 2. The Labute approximate surface area is 160 Å². The van der Waals surface area contributed by atoms with E-state index in [4.69, 9.17) is 4.74 Å². The highest BCUT2D eigenvalue weighted by atomic mass is 16.5. The van der Waals surface area contributed by atoms with Crippen LogP contribution in [0.25, 0.3) is 0 Å². The van der Waals surface area contributed by atoms with E-state index in [0.717, 1.165) is 17.1 Å². The van der Waals surface area contributed by atoms with Gasteiger partial charge in [-0.25, -0.2) is 9.36 Å². The van der Waals surface area contributed by atoms with Crippen LogP contribution in [0.1, 0.15) is 71.5 Å². The van der Waals surface area contributed by atoms with Crippen LogP contribution in [0.15, 0.2) is 21.9 Å². The lowest BCUT2D eigenvalue weighted by Crippen LogP contribution is -2.36. The van der Waals surface area contributed by atoms with Gasteiger partial charge in [0.15, 0.2) is 0 Å². The highest BCUT2D eigenvalue weighted by molar-refractivity contribution is 5.78. The van der Waals surface area contributed by atoms with Gasteiger partial charge in [-0.05, 0) is 44.4 Å². The van der Waals surface area contributed by atoms with Crippen LogP contribution < -0.4 is 11.2 Å². The third-order valence-electron chi connectivity index (χ3n) is 4.93. The molecular weight excluding hydrogens is 348 g/mol. The first kappa shape index (κ1) is 22.9. The van der Waals surface area contributed by atoms with E-state index in [1.54, 1.807) is 0 Å². The molecule has 0 aliphatic heterocycles. The second kappa shape index (κ2) is 10.2. The van der Waals surface area contributed by atoms with Gasteiger partial charge < -0.3 is 4.74 Å². The summed E-state index contributed by atoms with van der Waals surface area (Å²) in [7, 11) is 0. The van der Waals surface area contributed by atoms with Crippen LogP contribution in [0, 0.1) is 17.3 Å². The van der Waals surface area contributed by atoms with Crippen molar-refractivity contribution in [2.24, 2.45) is 17.3 Å². The summed E-state index contributed by atoms with van der Waals surface area (Å²) < 4.78 is 6.38. The maximum Gasteiger partial charge on any atom is 0.335 e. The Morgan fingerprint density at radius 1 is 1.15 bits per heavy atom. The molecule has 0 aliphatic rings. The second-order valence-corrected chi connectivity index (χ2v) is 7.99. The average molecular weight is 380 g/mol. The number of carbonyl (C=O) groups excluding carboxylic acids is 2. The van der Waals surface area contributed by atoms with Crippen LogP contribution in [-0.2, 0) is 9.53 Å². The Kier molecular flexibility index (Phi) is 8.66. The molecule has 0 spiro atoms. The summed E-state index contributed by atoms with van der Waals surface area (Å²) in [4.78, 5) is 49.1. The van der Waals surface area contributed by atoms with E-state index in [-0.39, 0.29) is 24.2 Å². The van der Waals surface area contributed by atoms with E-state index in [1.165, 1.54) is 6.20 Å². The zero-order valence-corrected chi connectivity index (χ0v) is 17.0. The van der Waals surface area contributed by atoms with Gasteiger partial charge in [-0.15, -0.1) is 0 Å². The number of aromatic amines is 1. The number of hydrogen-bond donors (Lipinski definition) is 1. The number of H-pyrrole nitrogens is 1. The smallest absolute Gasteiger partial charge is 0.335 e. The van der Waals surface area contributed by atoms with Crippen molar-refractivity contribution in [3.05, 3.63) is 33.1 Å². The summed E-state index contributed by atoms with van der Waals surface area (Å²) in [6.45, 7) is 10.5. The van der Waals surface area contributed by atoms with Crippen molar-refractivity contribution in [3.63, 3.8) is 0 Å². The molecule has 1 atom stereocenters. The fourth-order valence-electron chi connectivity index (χ4n) is 3.02. The van der Waals surface area contributed by atoms with Gasteiger partial charge in [-0.2, -0.15) is 0 Å². The van der Waals surface area contributed by atoms with Crippen LogP contribution in [0.5, 0.6) is 0 Å². The Bertz CT molecular complexity index is 747. The van der Waals surface area contributed by atoms with Crippen LogP contribution >= 0.6 is 0 Å². The van der Waals surface area contributed by atoms with E-state index in [9.17, 15) is 19.2 Å². The number of aromatic nitrogens is 2. The molecule has 0 amide bonds. The fourth-order valence-corrected chi connectivity index (χ4v) is 3.02. The van der Waals surface area contributed by atoms with Gasteiger partial charge in [0, 0.05) is 18.7 Å². The van der Waals surface area contributed by atoms with E-state index >= 15 is 0 Å². The molecule has 7 nitrogen and oxygen atoms in total. The maximum atomic E-state index is 12.5. The predicted octanol–water partition coefficient (Wildman–Crippen LogP) is 2.99.